The van der Waals surface area contributed by atoms with Crippen LogP contribution in [0.2, 0.25) is 0 Å². The molecule has 1 heterocycles. The van der Waals surface area contributed by atoms with Crippen LogP contribution in [0.15, 0.2) is 12.1 Å². The Bertz CT molecular complexity index is 680. The Hall–Kier alpha value is -1.73. The van der Waals surface area contributed by atoms with Crippen LogP contribution in [0.5, 0.6) is 11.5 Å². The smallest absolute Gasteiger partial charge is 0.171 e. The van der Waals surface area contributed by atoms with E-state index >= 15 is 0 Å². The van der Waals surface area contributed by atoms with Gasteiger partial charge in [-0.05, 0) is 44.8 Å². The van der Waals surface area contributed by atoms with E-state index in [1.165, 1.54) is 25.7 Å². The molecule has 7 heteroatoms. The minimum absolute atomic E-state index is 0.429. The van der Waals surface area contributed by atoms with Crippen molar-refractivity contribution in [1.82, 2.24) is 5.32 Å². The van der Waals surface area contributed by atoms with Crippen LogP contribution in [0, 0.1) is 5.92 Å². The maximum absolute atomic E-state index is 5.97. The quantitative estimate of drug-likeness (QED) is 0.640. The topological polar surface area (TPSA) is 55.0 Å². The predicted molar refractivity (Wildman–Crippen MR) is 123 cm³/mol. The number of ether oxygens (including phenoxy) is 3. The van der Waals surface area contributed by atoms with Crippen LogP contribution in [0.4, 0.5) is 11.4 Å². The summed E-state index contributed by atoms with van der Waals surface area (Å²) in [5.74, 6) is 2.27. The number of nitrogens with one attached hydrogen (secondary N) is 2. The Balaban J connectivity index is 1.80. The van der Waals surface area contributed by atoms with Crippen molar-refractivity contribution in [3.63, 3.8) is 0 Å². The van der Waals surface area contributed by atoms with Gasteiger partial charge in [0.25, 0.3) is 0 Å². The van der Waals surface area contributed by atoms with Crippen LogP contribution in [0.25, 0.3) is 0 Å². The molecule has 1 aliphatic heterocycles. The highest BCUT2D eigenvalue weighted by molar-refractivity contribution is 7.80. The molecule has 1 saturated heterocycles. The van der Waals surface area contributed by atoms with Gasteiger partial charge in [0.1, 0.15) is 11.5 Å². The molecule has 0 amide bonds. The molecule has 1 aliphatic carbocycles. The van der Waals surface area contributed by atoms with Crippen LogP contribution in [0.1, 0.15) is 46.5 Å². The summed E-state index contributed by atoms with van der Waals surface area (Å²) in [6, 6.07) is 4.50. The van der Waals surface area contributed by atoms with E-state index in [1.807, 2.05) is 19.9 Å². The highest BCUT2D eigenvalue weighted by Gasteiger charge is 2.23. The van der Waals surface area contributed by atoms with Crippen molar-refractivity contribution in [3.05, 3.63) is 12.1 Å². The van der Waals surface area contributed by atoms with E-state index in [9.17, 15) is 0 Å². The Morgan fingerprint density at radius 1 is 1.10 bits per heavy atom. The zero-order valence-electron chi connectivity index (χ0n) is 18.0. The summed E-state index contributed by atoms with van der Waals surface area (Å²) in [6.45, 7) is 10.6. The minimum Gasteiger partial charge on any atom is -0.492 e. The first kappa shape index (κ1) is 22.0. The standard InChI is InChI=1S/C22H35N3O3S/c1-4-27-20-15-19(25-10-12-26-13-11-25)21(28-5-2)14-18(20)24-22(29)23-17-9-7-6-8-16(17)3/h14-17H,4-13H2,1-3H3,(H2,23,24,29)/t16-,17-/m0/s1. The molecule has 1 aromatic carbocycles. The first-order valence-corrected chi connectivity index (χ1v) is 11.4. The molecule has 2 atom stereocenters. The van der Waals surface area contributed by atoms with Gasteiger partial charge >= 0.3 is 0 Å². The lowest BCUT2D eigenvalue weighted by Crippen LogP contribution is -2.43. The van der Waals surface area contributed by atoms with E-state index < -0.39 is 0 Å². The van der Waals surface area contributed by atoms with Gasteiger partial charge in [-0.3, -0.25) is 0 Å². The molecule has 0 bridgehead atoms. The van der Waals surface area contributed by atoms with Crippen LogP contribution in [-0.2, 0) is 4.74 Å². The van der Waals surface area contributed by atoms with Crippen LogP contribution >= 0.6 is 12.2 Å². The fourth-order valence-electron chi connectivity index (χ4n) is 4.10. The van der Waals surface area contributed by atoms with Crippen molar-refractivity contribution in [1.29, 1.82) is 0 Å². The monoisotopic (exact) mass is 421 g/mol. The molecular formula is C22H35N3O3S. The number of hydrogen-bond acceptors (Lipinski definition) is 5. The SMILES string of the molecule is CCOc1cc(N2CCOCC2)c(OCC)cc1NC(=S)N[C@H]1CCCC[C@@H]1C. The van der Waals surface area contributed by atoms with Gasteiger partial charge in [0.15, 0.2) is 5.11 Å². The Morgan fingerprint density at radius 3 is 2.48 bits per heavy atom. The number of morpholine rings is 1. The zero-order valence-corrected chi connectivity index (χ0v) is 18.8. The summed E-state index contributed by atoms with van der Waals surface area (Å²) in [5, 5.41) is 7.52. The first-order valence-electron chi connectivity index (χ1n) is 11.0. The van der Waals surface area contributed by atoms with Gasteiger partial charge in [0.2, 0.25) is 0 Å². The second-order valence-electron chi connectivity index (χ2n) is 7.75. The average molecular weight is 422 g/mol. The average Bonchev–Trinajstić information content (AvgIpc) is 2.72. The van der Waals surface area contributed by atoms with Crippen molar-refractivity contribution in [2.24, 2.45) is 5.92 Å². The van der Waals surface area contributed by atoms with E-state index in [0.29, 0.717) is 30.3 Å². The van der Waals surface area contributed by atoms with Crippen LogP contribution in [0.3, 0.4) is 0 Å². The third-order valence-electron chi connectivity index (χ3n) is 5.69. The second-order valence-corrected chi connectivity index (χ2v) is 8.16. The molecule has 6 nitrogen and oxygen atoms in total. The summed E-state index contributed by atoms with van der Waals surface area (Å²) in [7, 11) is 0. The maximum Gasteiger partial charge on any atom is 0.171 e. The molecule has 1 saturated carbocycles. The number of nitrogens with zero attached hydrogens (tertiary/aromatic N) is 1. The van der Waals surface area contributed by atoms with Crippen molar-refractivity contribution >= 4 is 28.7 Å². The van der Waals surface area contributed by atoms with Gasteiger partial charge in [0, 0.05) is 31.3 Å². The van der Waals surface area contributed by atoms with Crippen molar-refractivity contribution in [3.8, 4) is 11.5 Å². The van der Waals surface area contributed by atoms with E-state index in [-0.39, 0.29) is 0 Å². The van der Waals surface area contributed by atoms with Crippen molar-refractivity contribution < 1.29 is 14.2 Å². The Kier molecular flexibility index (Phi) is 8.24. The van der Waals surface area contributed by atoms with Gasteiger partial charge in [-0.25, -0.2) is 0 Å². The fraction of sp³-hybridized carbons (Fsp3) is 0.682. The predicted octanol–water partition coefficient (Wildman–Crippen LogP) is 4.19. The summed E-state index contributed by atoms with van der Waals surface area (Å²) in [5.41, 5.74) is 1.89. The van der Waals surface area contributed by atoms with E-state index in [2.05, 4.69) is 28.5 Å². The highest BCUT2D eigenvalue weighted by atomic mass is 32.1. The summed E-state index contributed by atoms with van der Waals surface area (Å²) in [4.78, 5) is 2.29. The molecule has 1 aromatic rings. The fourth-order valence-corrected chi connectivity index (χ4v) is 4.36. The zero-order chi connectivity index (χ0) is 20.6. The third-order valence-corrected chi connectivity index (χ3v) is 5.91. The molecular weight excluding hydrogens is 386 g/mol. The van der Waals surface area contributed by atoms with Crippen LogP contribution in [-0.4, -0.2) is 50.7 Å². The Morgan fingerprint density at radius 2 is 1.79 bits per heavy atom. The van der Waals surface area contributed by atoms with Gasteiger partial charge in [-0.2, -0.15) is 0 Å². The van der Waals surface area contributed by atoms with Crippen molar-refractivity contribution in [2.75, 3.05) is 49.7 Å². The first-order chi connectivity index (χ1) is 14.1. The molecule has 0 aromatic heterocycles. The third kappa shape index (κ3) is 5.89. The molecule has 2 aliphatic rings. The molecule has 0 unspecified atom stereocenters. The highest BCUT2D eigenvalue weighted by Crippen LogP contribution is 2.39. The van der Waals surface area contributed by atoms with Gasteiger partial charge in [0.05, 0.1) is 37.8 Å². The summed E-state index contributed by atoms with van der Waals surface area (Å²) in [6.07, 6.45) is 5.00. The van der Waals surface area contributed by atoms with Gasteiger partial charge in [-0.1, -0.05) is 19.8 Å². The van der Waals surface area contributed by atoms with E-state index in [1.54, 1.807) is 0 Å². The lowest BCUT2D eigenvalue weighted by atomic mass is 9.86. The molecule has 29 heavy (non-hydrogen) atoms. The normalized spacial score (nSPS) is 22.1. The molecule has 162 valence electrons. The number of rotatable bonds is 7. The van der Waals surface area contributed by atoms with E-state index in [4.69, 9.17) is 26.4 Å². The molecule has 2 fully saturated rings. The number of thiocarbonyl (C=S) groups is 1. The maximum atomic E-state index is 5.97. The molecule has 3 rings (SSSR count). The molecule has 0 spiro atoms. The van der Waals surface area contributed by atoms with E-state index in [0.717, 1.165) is 49.2 Å². The van der Waals surface area contributed by atoms with Crippen LogP contribution < -0.4 is 25.0 Å². The number of benzene rings is 1. The second kappa shape index (κ2) is 10.9. The number of anilines is 2. The number of hydrogen-bond donors (Lipinski definition) is 2. The van der Waals surface area contributed by atoms with Gasteiger partial charge in [-0.15, -0.1) is 0 Å². The van der Waals surface area contributed by atoms with Crippen molar-refractivity contribution in [2.45, 2.75) is 52.5 Å². The summed E-state index contributed by atoms with van der Waals surface area (Å²) < 4.78 is 17.4. The minimum atomic E-state index is 0.429. The largest absolute Gasteiger partial charge is 0.492 e. The molecule has 0 radical (unpaired) electrons. The lowest BCUT2D eigenvalue weighted by Gasteiger charge is -2.32. The Labute approximate surface area is 180 Å². The lowest BCUT2D eigenvalue weighted by molar-refractivity contribution is 0.122. The molecule has 2 N–H and O–H groups in total. The summed E-state index contributed by atoms with van der Waals surface area (Å²) >= 11 is 5.63. The van der Waals surface area contributed by atoms with Gasteiger partial charge < -0.3 is 29.7 Å².